The van der Waals surface area contributed by atoms with Crippen LogP contribution in [0.4, 0.5) is 0 Å². The number of aromatic nitrogens is 3. The highest BCUT2D eigenvalue weighted by Crippen LogP contribution is 2.20. The molecule has 0 unspecified atom stereocenters. The Morgan fingerprint density at radius 3 is 2.84 bits per heavy atom. The second-order valence-electron chi connectivity index (χ2n) is 4.11. The maximum absolute atomic E-state index is 9.22. The number of benzene rings is 2. The van der Waals surface area contributed by atoms with E-state index in [1.165, 1.54) is 0 Å². The van der Waals surface area contributed by atoms with Crippen LogP contribution in [-0.2, 0) is 6.61 Å². The van der Waals surface area contributed by atoms with Crippen LogP contribution in [0.25, 0.3) is 16.7 Å². The number of para-hydroxylation sites is 1. The Balaban J connectivity index is 2.25. The summed E-state index contributed by atoms with van der Waals surface area (Å²) in [7, 11) is 0. The van der Waals surface area contributed by atoms with Crippen LogP contribution in [-0.4, -0.2) is 20.1 Å². The molecule has 0 saturated carbocycles. The van der Waals surface area contributed by atoms with Crippen LogP contribution < -0.4 is 0 Å². The van der Waals surface area contributed by atoms with Gasteiger partial charge in [-0.05, 0) is 29.8 Å². The van der Waals surface area contributed by atoms with Crippen molar-refractivity contribution >= 4 is 11.0 Å². The van der Waals surface area contributed by atoms with E-state index < -0.39 is 0 Å². The zero-order valence-corrected chi connectivity index (χ0v) is 9.98. The number of hydrogen-bond donors (Lipinski definition) is 1. The maximum Gasteiger partial charge on any atom is 0.113 e. The second-order valence-corrected chi connectivity index (χ2v) is 4.11. The van der Waals surface area contributed by atoms with Gasteiger partial charge in [-0.1, -0.05) is 23.4 Å². The van der Waals surface area contributed by atoms with Crippen LogP contribution in [0.15, 0.2) is 42.5 Å². The minimum Gasteiger partial charge on any atom is -0.392 e. The highest BCUT2D eigenvalue weighted by Gasteiger charge is 2.10. The van der Waals surface area contributed by atoms with Crippen molar-refractivity contribution < 1.29 is 5.11 Å². The fourth-order valence-corrected chi connectivity index (χ4v) is 2.00. The highest BCUT2D eigenvalue weighted by molar-refractivity contribution is 5.76. The Labute approximate surface area is 109 Å². The first-order valence-electron chi connectivity index (χ1n) is 5.78. The second kappa shape index (κ2) is 4.52. The molecule has 2 aromatic carbocycles. The van der Waals surface area contributed by atoms with Gasteiger partial charge in [-0.2, -0.15) is 5.26 Å². The topological polar surface area (TPSA) is 74.7 Å². The van der Waals surface area contributed by atoms with Crippen molar-refractivity contribution in [2.24, 2.45) is 0 Å². The van der Waals surface area contributed by atoms with Gasteiger partial charge in [0.05, 0.1) is 23.4 Å². The van der Waals surface area contributed by atoms with Crippen molar-refractivity contribution in [1.29, 1.82) is 5.26 Å². The third-order valence-corrected chi connectivity index (χ3v) is 2.94. The van der Waals surface area contributed by atoms with E-state index in [0.29, 0.717) is 16.8 Å². The molecule has 0 fully saturated rings. The quantitative estimate of drug-likeness (QED) is 0.752. The lowest BCUT2D eigenvalue weighted by Crippen LogP contribution is -2.00. The Morgan fingerprint density at radius 1 is 1.21 bits per heavy atom. The van der Waals surface area contributed by atoms with E-state index in [1.807, 2.05) is 24.3 Å². The molecule has 0 aliphatic rings. The van der Waals surface area contributed by atoms with Gasteiger partial charge in [-0.25, -0.2) is 4.68 Å². The normalized spacial score (nSPS) is 10.5. The minimum atomic E-state index is -0.0902. The molecule has 0 radical (unpaired) electrons. The van der Waals surface area contributed by atoms with E-state index in [1.54, 1.807) is 22.9 Å². The predicted octanol–water partition coefficient (Wildman–Crippen LogP) is 1.78. The van der Waals surface area contributed by atoms with E-state index in [0.717, 1.165) is 11.0 Å². The van der Waals surface area contributed by atoms with E-state index >= 15 is 0 Å². The van der Waals surface area contributed by atoms with Crippen molar-refractivity contribution in [2.75, 3.05) is 0 Å². The van der Waals surface area contributed by atoms with Crippen LogP contribution in [0.5, 0.6) is 0 Å². The molecule has 0 aliphatic heterocycles. The molecule has 5 nitrogen and oxygen atoms in total. The first-order chi connectivity index (χ1) is 9.33. The summed E-state index contributed by atoms with van der Waals surface area (Å²) in [6.07, 6.45) is 0. The van der Waals surface area contributed by atoms with Gasteiger partial charge < -0.3 is 5.11 Å². The van der Waals surface area contributed by atoms with Crippen LogP contribution in [0.1, 0.15) is 11.1 Å². The molecule has 0 spiro atoms. The fraction of sp³-hybridized carbons (Fsp3) is 0.0714. The van der Waals surface area contributed by atoms with Crippen molar-refractivity contribution in [2.45, 2.75) is 6.61 Å². The van der Waals surface area contributed by atoms with Crippen molar-refractivity contribution in [3.8, 4) is 11.8 Å². The minimum absolute atomic E-state index is 0.0902. The smallest absolute Gasteiger partial charge is 0.113 e. The van der Waals surface area contributed by atoms with E-state index in [-0.39, 0.29) is 6.61 Å². The zero-order chi connectivity index (χ0) is 13.2. The van der Waals surface area contributed by atoms with Crippen LogP contribution in [0, 0.1) is 11.3 Å². The number of rotatable bonds is 2. The van der Waals surface area contributed by atoms with Gasteiger partial charge in [0.25, 0.3) is 0 Å². The van der Waals surface area contributed by atoms with Crippen molar-refractivity contribution in [3.05, 3.63) is 53.6 Å². The monoisotopic (exact) mass is 250 g/mol. The average molecular weight is 250 g/mol. The number of aliphatic hydroxyl groups is 1. The van der Waals surface area contributed by atoms with Crippen molar-refractivity contribution in [1.82, 2.24) is 15.0 Å². The molecule has 3 rings (SSSR count). The van der Waals surface area contributed by atoms with E-state index in [9.17, 15) is 5.26 Å². The third kappa shape index (κ3) is 1.84. The van der Waals surface area contributed by atoms with Crippen LogP contribution in [0.2, 0.25) is 0 Å². The summed E-state index contributed by atoms with van der Waals surface area (Å²) in [4.78, 5) is 0. The molecule has 1 N–H and O–H groups in total. The molecule has 3 aromatic rings. The van der Waals surface area contributed by atoms with Gasteiger partial charge in [0.15, 0.2) is 0 Å². The fourth-order valence-electron chi connectivity index (χ4n) is 2.00. The molecule has 19 heavy (non-hydrogen) atoms. The standard InChI is InChI=1S/C14H10N4O/c15-8-11-7-10(9-19)5-6-13(11)18-14-4-2-1-3-12(14)16-17-18/h1-7,19H,9H2. The molecular weight excluding hydrogens is 240 g/mol. The number of nitriles is 1. The summed E-state index contributed by atoms with van der Waals surface area (Å²) < 4.78 is 1.63. The Bertz CT molecular complexity index is 785. The molecule has 5 heteroatoms. The Hall–Kier alpha value is -2.71. The van der Waals surface area contributed by atoms with Gasteiger partial charge in [-0.3, -0.25) is 0 Å². The summed E-state index contributed by atoms with van der Waals surface area (Å²) >= 11 is 0. The SMILES string of the molecule is N#Cc1cc(CO)ccc1-n1nnc2ccccc21. The van der Waals surface area contributed by atoms with Gasteiger partial charge in [-0.15, -0.1) is 5.10 Å². The molecule has 0 amide bonds. The summed E-state index contributed by atoms with van der Waals surface area (Å²) in [5.74, 6) is 0. The summed E-state index contributed by atoms with van der Waals surface area (Å²) in [6.45, 7) is -0.0902. The molecule has 0 atom stereocenters. The zero-order valence-electron chi connectivity index (χ0n) is 9.98. The molecule has 1 aromatic heterocycles. The third-order valence-electron chi connectivity index (χ3n) is 2.94. The number of hydrogen-bond acceptors (Lipinski definition) is 4. The summed E-state index contributed by atoms with van der Waals surface area (Å²) in [5, 5.41) is 26.5. The molecule has 0 saturated heterocycles. The average Bonchev–Trinajstić information content (AvgIpc) is 2.90. The van der Waals surface area contributed by atoms with Gasteiger partial charge >= 0.3 is 0 Å². The van der Waals surface area contributed by atoms with Gasteiger partial charge in [0.2, 0.25) is 0 Å². The first kappa shape index (κ1) is 11.4. The molecule has 0 aliphatic carbocycles. The summed E-state index contributed by atoms with van der Waals surface area (Å²) in [5.41, 5.74) is 3.44. The Kier molecular flexibility index (Phi) is 2.71. The molecular formula is C14H10N4O. The highest BCUT2D eigenvalue weighted by atomic mass is 16.3. The lowest BCUT2D eigenvalue weighted by atomic mass is 10.1. The number of aliphatic hydroxyl groups excluding tert-OH is 1. The van der Waals surface area contributed by atoms with E-state index in [2.05, 4.69) is 16.4 Å². The summed E-state index contributed by atoms with van der Waals surface area (Å²) in [6, 6.07) is 14.9. The number of fused-ring (bicyclic) bond motifs is 1. The van der Waals surface area contributed by atoms with E-state index in [4.69, 9.17) is 5.11 Å². The van der Waals surface area contributed by atoms with Crippen LogP contribution >= 0.6 is 0 Å². The van der Waals surface area contributed by atoms with Gasteiger partial charge in [0.1, 0.15) is 11.6 Å². The molecule has 1 heterocycles. The first-order valence-corrected chi connectivity index (χ1v) is 5.78. The largest absolute Gasteiger partial charge is 0.392 e. The maximum atomic E-state index is 9.22. The lowest BCUT2D eigenvalue weighted by Gasteiger charge is -2.06. The molecule has 92 valence electrons. The lowest BCUT2D eigenvalue weighted by molar-refractivity contribution is 0.282. The van der Waals surface area contributed by atoms with Gasteiger partial charge in [0, 0.05) is 0 Å². The van der Waals surface area contributed by atoms with Crippen LogP contribution in [0.3, 0.4) is 0 Å². The molecule has 0 bridgehead atoms. The predicted molar refractivity (Wildman–Crippen MR) is 69.5 cm³/mol. The number of nitrogens with zero attached hydrogens (tertiary/aromatic N) is 4. The van der Waals surface area contributed by atoms with Crippen molar-refractivity contribution in [3.63, 3.8) is 0 Å². The Morgan fingerprint density at radius 2 is 2.05 bits per heavy atom.